The minimum atomic E-state index is -0.374. The van der Waals surface area contributed by atoms with Crippen molar-refractivity contribution in [2.45, 2.75) is 32.8 Å². The van der Waals surface area contributed by atoms with Crippen molar-refractivity contribution in [2.75, 3.05) is 13.1 Å². The lowest BCUT2D eigenvalue weighted by molar-refractivity contribution is -0.134. The highest BCUT2D eigenvalue weighted by Gasteiger charge is 2.26. The van der Waals surface area contributed by atoms with Crippen LogP contribution in [-0.4, -0.2) is 41.8 Å². The third-order valence-electron chi connectivity index (χ3n) is 5.47. The van der Waals surface area contributed by atoms with Gasteiger partial charge in [0.15, 0.2) is 11.5 Å². The summed E-state index contributed by atoms with van der Waals surface area (Å²) in [6.07, 6.45) is 0.978. The van der Waals surface area contributed by atoms with E-state index in [9.17, 15) is 9.59 Å². The Morgan fingerprint density at radius 1 is 1.21 bits per heavy atom. The fraction of sp³-hybridized carbons (Fsp3) is 0.292. The summed E-state index contributed by atoms with van der Waals surface area (Å²) in [5.41, 5.74) is 7.30. The maximum Gasteiger partial charge on any atom is 0.311 e. The van der Waals surface area contributed by atoms with Crippen LogP contribution in [0.1, 0.15) is 32.3 Å². The van der Waals surface area contributed by atoms with E-state index in [2.05, 4.69) is 0 Å². The van der Waals surface area contributed by atoms with E-state index in [0.717, 1.165) is 6.42 Å². The Balaban J connectivity index is 0.00000306. The van der Waals surface area contributed by atoms with E-state index in [1.54, 1.807) is 36.9 Å². The highest BCUT2D eigenvalue weighted by molar-refractivity contribution is 6.01. The highest BCUT2D eigenvalue weighted by Crippen LogP contribution is 2.41. The van der Waals surface area contributed by atoms with Crippen molar-refractivity contribution in [1.29, 1.82) is 5.41 Å². The van der Waals surface area contributed by atoms with E-state index >= 15 is 0 Å². The highest BCUT2D eigenvalue weighted by atomic mass is 35.5. The Morgan fingerprint density at radius 2 is 1.94 bits per heavy atom. The molecule has 1 atom stereocenters. The van der Waals surface area contributed by atoms with E-state index in [1.807, 2.05) is 24.3 Å². The number of nitrogens with zero attached hydrogens (tertiary/aromatic N) is 1. The van der Waals surface area contributed by atoms with Crippen molar-refractivity contribution in [1.82, 2.24) is 4.90 Å². The SMILES string of the molecule is CCC(=O)Oc1c(-c2ccc(O[C@H]3CCN(C(C)=O)C3)cc2)oc2cc(C(=N)N)ccc12.Cl. The molecule has 2 heterocycles. The van der Waals surface area contributed by atoms with Crippen molar-refractivity contribution in [2.24, 2.45) is 5.73 Å². The minimum Gasteiger partial charge on any atom is -0.489 e. The predicted octanol–water partition coefficient (Wildman–Crippen LogP) is 4.12. The number of nitrogens with one attached hydrogen (secondary N) is 1. The molecule has 9 heteroatoms. The maximum absolute atomic E-state index is 12.0. The first kappa shape index (κ1) is 24.1. The first-order valence-electron chi connectivity index (χ1n) is 10.5. The smallest absolute Gasteiger partial charge is 0.311 e. The van der Waals surface area contributed by atoms with Crippen LogP contribution >= 0.6 is 12.4 Å². The first-order valence-corrected chi connectivity index (χ1v) is 10.5. The lowest BCUT2D eigenvalue weighted by atomic mass is 10.1. The van der Waals surface area contributed by atoms with Gasteiger partial charge >= 0.3 is 5.97 Å². The summed E-state index contributed by atoms with van der Waals surface area (Å²) in [4.78, 5) is 25.3. The standard InChI is InChI=1S/C24H25N3O5.ClH/c1-3-21(29)32-23-19-9-6-16(24(25)26)12-20(19)31-22(23)15-4-7-17(8-5-15)30-18-10-11-27(13-18)14(2)28;/h4-9,12,18H,3,10-11,13H2,1-2H3,(H3,25,26);1H/t18-;/m0./s1. The topological polar surface area (TPSA) is 119 Å². The van der Waals surface area contributed by atoms with Crippen molar-refractivity contribution in [3.05, 3.63) is 48.0 Å². The Morgan fingerprint density at radius 3 is 2.55 bits per heavy atom. The number of benzene rings is 2. The summed E-state index contributed by atoms with van der Waals surface area (Å²) >= 11 is 0. The van der Waals surface area contributed by atoms with E-state index in [0.29, 0.717) is 52.4 Å². The Labute approximate surface area is 197 Å². The van der Waals surface area contributed by atoms with Crippen molar-refractivity contribution in [3.8, 4) is 22.8 Å². The molecule has 4 rings (SSSR count). The summed E-state index contributed by atoms with van der Waals surface area (Å²) in [6.45, 7) is 4.56. The molecule has 3 aromatic rings. The van der Waals surface area contributed by atoms with Crippen LogP contribution in [0.4, 0.5) is 0 Å². The maximum atomic E-state index is 12.0. The summed E-state index contributed by atoms with van der Waals surface area (Å²) in [7, 11) is 0. The third kappa shape index (κ3) is 5.12. The molecular formula is C24H26ClN3O5. The monoisotopic (exact) mass is 471 g/mol. The zero-order chi connectivity index (χ0) is 22.8. The van der Waals surface area contributed by atoms with Gasteiger partial charge in [0, 0.05) is 37.4 Å². The Kier molecular flexibility index (Phi) is 7.28. The fourth-order valence-electron chi connectivity index (χ4n) is 3.71. The molecule has 8 nitrogen and oxygen atoms in total. The number of amidine groups is 1. The summed E-state index contributed by atoms with van der Waals surface area (Å²) in [6, 6.07) is 12.4. The summed E-state index contributed by atoms with van der Waals surface area (Å²) < 4.78 is 17.6. The van der Waals surface area contributed by atoms with Crippen LogP contribution in [0.15, 0.2) is 46.9 Å². The number of esters is 1. The van der Waals surface area contributed by atoms with Crippen LogP contribution in [0.5, 0.6) is 11.5 Å². The first-order chi connectivity index (χ1) is 15.4. The summed E-state index contributed by atoms with van der Waals surface area (Å²) in [5.74, 6) is 1.04. The van der Waals surface area contributed by atoms with Crippen molar-refractivity contribution < 1.29 is 23.5 Å². The van der Waals surface area contributed by atoms with Gasteiger partial charge in [0.25, 0.3) is 0 Å². The van der Waals surface area contributed by atoms with Gasteiger partial charge in [0.05, 0.1) is 11.9 Å². The quantitative estimate of drug-likeness (QED) is 0.317. The Bertz CT molecular complexity index is 1190. The lowest BCUT2D eigenvalue weighted by Crippen LogP contribution is -2.28. The van der Waals surface area contributed by atoms with Crippen LogP contribution in [-0.2, 0) is 9.59 Å². The molecule has 174 valence electrons. The van der Waals surface area contributed by atoms with Gasteiger partial charge in [-0.3, -0.25) is 15.0 Å². The number of halogens is 1. The minimum absolute atomic E-state index is 0. The van der Waals surface area contributed by atoms with E-state index in [4.69, 9.17) is 25.0 Å². The molecule has 2 aromatic carbocycles. The molecule has 33 heavy (non-hydrogen) atoms. The molecule has 0 unspecified atom stereocenters. The second kappa shape index (κ2) is 9.95. The van der Waals surface area contributed by atoms with Crippen LogP contribution in [0, 0.1) is 5.41 Å². The molecule has 1 amide bonds. The van der Waals surface area contributed by atoms with Gasteiger partial charge in [-0.1, -0.05) is 13.0 Å². The number of nitrogens with two attached hydrogens (primary N) is 1. The zero-order valence-electron chi connectivity index (χ0n) is 18.4. The number of likely N-dealkylation sites (tertiary alicyclic amines) is 1. The number of carbonyl (C=O) groups excluding carboxylic acids is 2. The number of fused-ring (bicyclic) bond motifs is 1. The molecule has 1 fully saturated rings. The molecule has 0 aliphatic carbocycles. The predicted molar refractivity (Wildman–Crippen MR) is 127 cm³/mol. The number of amides is 1. The normalized spacial score (nSPS) is 15.2. The second-order valence-electron chi connectivity index (χ2n) is 7.73. The van der Waals surface area contributed by atoms with Crippen LogP contribution in [0.25, 0.3) is 22.3 Å². The van der Waals surface area contributed by atoms with Gasteiger partial charge in [-0.25, -0.2) is 0 Å². The summed E-state index contributed by atoms with van der Waals surface area (Å²) in [5, 5.41) is 8.27. The Hall–Kier alpha value is -3.52. The fourth-order valence-corrected chi connectivity index (χ4v) is 3.71. The van der Waals surface area contributed by atoms with Crippen LogP contribution < -0.4 is 15.2 Å². The van der Waals surface area contributed by atoms with E-state index in [-0.39, 0.29) is 42.6 Å². The number of ether oxygens (including phenoxy) is 2. The van der Waals surface area contributed by atoms with E-state index in [1.165, 1.54) is 0 Å². The zero-order valence-corrected chi connectivity index (χ0v) is 19.2. The molecule has 0 radical (unpaired) electrons. The van der Waals surface area contributed by atoms with Gasteiger partial charge in [-0.15, -0.1) is 12.4 Å². The molecule has 0 spiro atoms. The van der Waals surface area contributed by atoms with E-state index < -0.39 is 0 Å². The van der Waals surface area contributed by atoms with Gasteiger partial charge in [-0.2, -0.15) is 0 Å². The molecule has 1 aromatic heterocycles. The molecule has 0 bridgehead atoms. The van der Waals surface area contributed by atoms with Gasteiger partial charge < -0.3 is 24.5 Å². The molecule has 3 N–H and O–H groups in total. The average Bonchev–Trinajstić information content (AvgIpc) is 3.39. The average molecular weight is 472 g/mol. The third-order valence-corrected chi connectivity index (χ3v) is 5.47. The van der Waals surface area contributed by atoms with Crippen LogP contribution in [0.2, 0.25) is 0 Å². The number of hydrogen-bond acceptors (Lipinski definition) is 6. The number of rotatable bonds is 6. The molecular weight excluding hydrogens is 446 g/mol. The molecule has 1 aliphatic heterocycles. The second-order valence-corrected chi connectivity index (χ2v) is 7.73. The molecule has 1 saturated heterocycles. The van der Waals surface area contributed by atoms with Crippen molar-refractivity contribution >= 4 is 41.1 Å². The van der Waals surface area contributed by atoms with Gasteiger partial charge in [-0.05, 0) is 36.4 Å². The van der Waals surface area contributed by atoms with Gasteiger partial charge in [0.2, 0.25) is 5.91 Å². The van der Waals surface area contributed by atoms with Gasteiger partial charge in [0.1, 0.15) is 23.3 Å². The number of nitrogen functional groups attached to an aromatic ring is 1. The molecule has 0 saturated carbocycles. The van der Waals surface area contributed by atoms with Crippen LogP contribution in [0.3, 0.4) is 0 Å². The lowest BCUT2D eigenvalue weighted by Gasteiger charge is -2.15. The molecule has 1 aliphatic rings. The number of carbonyl (C=O) groups is 2. The van der Waals surface area contributed by atoms with Crippen molar-refractivity contribution in [3.63, 3.8) is 0 Å². The largest absolute Gasteiger partial charge is 0.489 e. The number of furan rings is 1. The number of hydrogen-bond donors (Lipinski definition) is 2.